The Kier molecular flexibility index (Phi) is 5.09. The molecular weight excluding hydrogens is 315 g/mol. The molecule has 0 unspecified atom stereocenters. The van der Waals surface area contributed by atoms with Crippen molar-refractivity contribution in [2.45, 2.75) is 13.5 Å². The maximum atomic E-state index is 12.0. The molecule has 0 saturated heterocycles. The van der Waals surface area contributed by atoms with Gasteiger partial charge in [-0.25, -0.2) is 0 Å². The molecule has 112 valence electrons. The van der Waals surface area contributed by atoms with Crippen LogP contribution in [0, 0.1) is 6.92 Å². The van der Waals surface area contributed by atoms with E-state index >= 15 is 0 Å². The molecule has 5 nitrogen and oxygen atoms in total. The lowest BCUT2D eigenvalue weighted by Gasteiger charge is -2.16. The number of carbonyl (C=O) groups is 1. The molecule has 1 heterocycles. The Balaban J connectivity index is 1.89. The molecule has 0 aliphatic carbocycles. The number of likely N-dealkylation sites (N-methyl/N-ethyl adjacent to an activating group) is 1. The second-order valence-electron chi connectivity index (χ2n) is 4.54. The van der Waals surface area contributed by atoms with Crippen LogP contribution in [0.25, 0.3) is 0 Å². The van der Waals surface area contributed by atoms with Crippen molar-refractivity contribution < 1.29 is 14.1 Å². The van der Waals surface area contributed by atoms with Gasteiger partial charge in [-0.05, 0) is 25.1 Å². The molecule has 0 aliphatic rings. The first-order valence-corrected chi connectivity index (χ1v) is 6.95. The van der Waals surface area contributed by atoms with E-state index in [9.17, 15) is 4.79 Å². The molecule has 0 atom stereocenters. The number of amides is 1. The van der Waals surface area contributed by atoms with Crippen LogP contribution in [0.1, 0.15) is 11.5 Å². The van der Waals surface area contributed by atoms with E-state index in [4.69, 9.17) is 32.5 Å². The quantitative estimate of drug-likeness (QED) is 0.844. The number of benzene rings is 1. The lowest BCUT2D eigenvalue weighted by atomic mass is 10.3. The van der Waals surface area contributed by atoms with Gasteiger partial charge in [0.05, 0.1) is 11.6 Å². The predicted molar refractivity (Wildman–Crippen MR) is 79.7 cm³/mol. The molecule has 0 spiro atoms. The molecule has 0 radical (unpaired) electrons. The van der Waals surface area contributed by atoms with Gasteiger partial charge in [0.2, 0.25) is 0 Å². The number of aryl methyl sites for hydroxylation is 1. The van der Waals surface area contributed by atoms with Gasteiger partial charge in [-0.2, -0.15) is 0 Å². The summed E-state index contributed by atoms with van der Waals surface area (Å²) in [7, 11) is 1.67. The van der Waals surface area contributed by atoms with E-state index < -0.39 is 0 Å². The van der Waals surface area contributed by atoms with Gasteiger partial charge in [0, 0.05) is 18.1 Å². The topological polar surface area (TPSA) is 55.6 Å². The Hall–Kier alpha value is -1.72. The minimum atomic E-state index is -0.193. The van der Waals surface area contributed by atoms with Gasteiger partial charge in [0.15, 0.2) is 6.61 Å². The third kappa shape index (κ3) is 4.37. The molecule has 1 amide bonds. The molecule has 2 rings (SSSR count). The molecule has 0 saturated carbocycles. The van der Waals surface area contributed by atoms with Crippen molar-refractivity contribution in [2.75, 3.05) is 13.7 Å². The summed E-state index contributed by atoms with van der Waals surface area (Å²) in [6.07, 6.45) is 0. The SMILES string of the molecule is Cc1cc(CN(C)C(=O)COc2ccc(Cl)cc2Cl)no1. The Labute approximate surface area is 132 Å². The smallest absolute Gasteiger partial charge is 0.260 e. The number of nitrogens with zero attached hydrogens (tertiary/aromatic N) is 2. The fourth-order valence-corrected chi connectivity index (χ4v) is 2.13. The van der Waals surface area contributed by atoms with Crippen LogP contribution in [0.5, 0.6) is 5.75 Å². The van der Waals surface area contributed by atoms with Gasteiger partial charge >= 0.3 is 0 Å². The van der Waals surface area contributed by atoms with Crippen molar-refractivity contribution in [3.63, 3.8) is 0 Å². The zero-order chi connectivity index (χ0) is 15.4. The van der Waals surface area contributed by atoms with E-state index in [0.29, 0.717) is 33.8 Å². The molecule has 1 aromatic heterocycles. The average Bonchev–Trinajstić information content (AvgIpc) is 2.82. The molecule has 0 N–H and O–H groups in total. The fourth-order valence-electron chi connectivity index (χ4n) is 1.67. The van der Waals surface area contributed by atoms with E-state index in [1.165, 1.54) is 4.90 Å². The molecule has 2 aromatic rings. The van der Waals surface area contributed by atoms with Crippen molar-refractivity contribution >= 4 is 29.1 Å². The van der Waals surface area contributed by atoms with Crippen LogP contribution in [-0.4, -0.2) is 29.6 Å². The lowest BCUT2D eigenvalue weighted by Crippen LogP contribution is -2.31. The highest BCUT2D eigenvalue weighted by atomic mass is 35.5. The van der Waals surface area contributed by atoms with Crippen molar-refractivity contribution in [1.29, 1.82) is 0 Å². The minimum absolute atomic E-state index is 0.116. The highest BCUT2D eigenvalue weighted by Gasteiger charge is 2.13. The standard InChI is InChI=1S/C14H14Cl2N2O3/c1-9-5-11(17-21-9)7-18(2)14(19)8-20-13-4-3-10(15)6-12(13)16/h3-6H,7-8H2,1-2H3. The predicted octanol–water partition coefficient (Wildman–Crippen LogP) is 3.33. The van der Waals surface area contributed by atoms with E-state index in [2.05, 4.69) is 5.16 Å². The van der Waals surface area contributed by atoms with Gasteiger partial charge in [-0.3, -0.25) is 4.79 Å². The van der Waals surface area contributed by atoms with Crippen LogP contribution < -0.4 is 4.74 Å². The third-order valence-electron chi connectivity index (χ3n) is 2.75. The summed E-state index contributed by atoms with van der Waals surface area (Å²) in [4.78, 5) is 13.5. The maximum Gasteiger partial charge on any atom is 0.260 e. The van der Waals surface area contributed by atoms with Crippen LogP contribution in [-0.2, 0) is 11.3 Å². The summed E-state index contributed by atoms with van der Waals surface area (Å²) in [5.74, 6) is 0.928. The van der Waals surface area contributed by atoms with Crippen molar-refractivity contribution in [2.24, 2.45) is 0 Å². The summed E-state index contributed by atoms with van der Waals surface area (Å²) in [6.45, 7) is 2.03. The second kappa shape index (κ2) is 6.83. The summed E-state index contributed by atoms with van der Waals surface area (Å²) >= 11 is 11.8. The van der Waals surface area contributed by atoms with Crippen LogP contribution in [0.4, 0.5) is 0 Å². The number of rotatable bonds is 5. The van der Waals surface area contributed by atoms with E-state index in [1.807, 2.05) is 0 Å². The molecule has 21 heavy (non-hydrogen) atoms. The van der Waals surface area contributed by atoms with E-state index in [1.54, 1.807) is 38.2 Å². The molecule has 0 fully saturated rings. The molecule has 0 aliphatic heterocycles. The third-order valence-corrected chi connectivity index (χ3v) is 3.28. The number of halogens is 2. The highest BCUT2D eigenvalue weighted by Crippen LogP contribution is 2.27. The zero-order valence-electron chi connectivity index (χ0n) is 11.6. The Morgan fingerprint density at radius 1 is 1.38 bits per heavy atom. The first-order chi connectivity index (χ1) is 9.95. The van der Waals surface area contributed by atoms with Gasteiger partial charge in [-0.15, -0.1) is 0 Å². The second-order valence-corrected chi connectivity index (χ2v) is 5.39. The molecule has 1 aromatic carbocycles. The largest absolute Gasteiger partial charge is 0.482 e. The number of hydrogen-bond donors (Lipinski definition) is 0. The monoisotopic (exact) mass is 328 g/mol. The maximum absolute atomic E-state index is 12.0. The summed E-state index contributed by atoms with van der Waals surface area (Å²) < 4.78 is 10.3. The van der Waals surface area contributed by atoms with Crippen LogP contribution in [0.15, 0.2) is 28.8 Å². The first-order valence-electron chi connectivity index (χ1n) is 6.19. The number of hydrogen-bond acceptors (Lipinski definition) is 4. The average molecular weight is 329 g/mol. The van der Waals surface area contributed by atoms with Crippen molar-refractivity contribution in [3.05, 3.63) is 45.8 Å². The van der Waals surface area contributed by atoms with Crippen LogP contribution in [0.2, 0.25) is 10.0 Å². The summed E-state index contributed by atoms with van der Waals surface area (Å²) in [5.41, 5.74) is 0.688. The van der Waals surface area contributed by atoms with E-state index in [-0.39, 0.29) is 12.5 Å². The molecule has 7 heteroatoms. The normalized spacial score (nSPS) is 10.5. The van der Waals surface area contributed by atoms with Gasteiger partial charge in [0.1, 0.15) is 17.2 Å². The summed E-state index contributed by atoms with van der Waals surface area (Å²) in [5, 5.41) is 4.71. The van der Waals surface area contributed by atoms with Crippen molar-refractivity contribution in [3.8, 4) is 5.75 Å². The lowest BCUT2D eigenvalue weighted by molar-refractivity contribution is -0.132. The molecule has 0 bridgehead atoms. The highest BCUT2D eigenvalue weighted by molar-refractivity contribution is 6.35. The van der Waals surface area contributed by atoms with Gasteiger partial charge in [-0.1, -0.05) is 28.4 Å². The fraction of sp³-hybridized carbons (Fsp3) is 0.286. The Bertz CT molecular complexity index is 643. The number of carbonyl (C=O) groups excluding carboxylic acids is 1. The number of ether oxygens (including phenoxy) is 1. The minimum Gasteiger partial charge on any atom is -0.482 e. The van der Waals surface area contributed by atoms with Gasteiger partial charge in [0.25, 0.3) is 5.91 Å². The van der Waals surface area contributed by atoms with Crippen LogP contribution in [0.3, 0.4) is 0 Å². The Morgan fingerprint density at radius 2 is 2.14 bits per heavy atom. The summed E-state index contributed by atoms with van der Waals surface area (Å²) in [6, 6.07) is 6.61. The zero-order valence-corrected chi connectivity index (χ0v) is 13.1. The number of aromatic nitrogens is 1. The Morgan fingerprint density at radius 3 is 2.76 bits per heavy atom. The first kappa shape index (κ1) is 15.7. The van der Waals surface area contributed by atoms with Gasteiger partial charge < -0.3 is 14.2 Å². The van der Waals surface area contributed by atoms with Crippen LogP contribution >= 0.6 is 23.2 Å². The van der Waals surface area contributed by atoms with Crippen molar-refractivity contribution in [1.82, 2.24) is 10.1 Å². The van der Waals surface area contributed by atoms with E-state index in [0.717, 1.165) is 0 Å². The molecular formula is C14H14Cl2N2O3.